The summed E-state index contributed by atoms with van der Waals surface area (Å²) in [4.78, 5) is 4.06. The summed E-state index contributed by atoms with van der Waals surface area (Å²) < 4.78 is 0. The van der Waals surface area contributed by atoms with Gasteiger partial charge in [-0.25, -0.2) is 0 Å². The van der Waals surface area contributed by atoms with Crippen molar-refractivity contribution < 1.29 is 0 Å². The lowest BCUT2D eigenvalue weighted by Gasteiger charge is -2.19. The van der Waals surface area contributed by atoms with Crippen LogP contribution in [-0.4, -0.2) is 4.98 Å². The lowest BCUT2D eigenvalue weighted by atomic mass is 9.99. The van der Waals surface area contributed by atoms with E-state index < -0.39 is 0 Å². The van der Waals surface area contributed by atoms with E-state index in [1.807, 2.05) is 0 Å². The highest BCUT2D eigenvalue weighted by molar-refractivity contribution is 6.36. The summed E-state index contributed by atoms with van der Waals surface area (Å²) in [7, 11) is 0. The molecule has 6 heteroatoms. The number of benzene rings is 1. The summed E-state index contributed by atoms with van der Waals surface area (Å²) in [5, 5.41) is 1.21. The van der Waals surface area contributed by atoms with Gasteiger partial charge in [0.1, 0.15) is 0 Å². The van der Waals surface area contributed by atoms with Gasteiger partial charge in [-0.1, -0.05) is 29.3 Å². The number of hydrazine groups is 1. The molecule has 0 bridgehead atoms. The molecule has 1 unspecified atom stereocenters. The van der Waals surface area contributed by atoms with E-state index >= 15 is 0 Å². The molecule has 0 aliphatic carbocycles. The van der Waals surface area contributed by atoms with Crippen molar-refractivity contribution in [3.05, 3.63) is 57.8 Å². The van der Waals surface area contributed by atoms with Crippen LogP contribution in [0.15, 0.2) is 36.7 Å². The Bertz CT molecular complexity index is 554. The fraction of sp³-hybridized carbons (Fsp3) is 0.154. The van der Waals surface area contributed by atoms with Crippen LogP contribution in [0.5, 0.6) is 0 Å². The number of nitrogens with zero attached hydrogens (tertiary/aromatic N) is 1. The minimum atomic E-state index is -0.203. The molecule has 1 aromatic heterocycles. The topological polar surface area (TPSA) is 77.0 Å². The van der Waals surface area contributed by atoms with Crippen LogP contribution in [0.3, 0.4) is 0 Å². The third kappa shape index (κ3) is 3.16. The second-order valence-electron chi connectivity index (χ2n) is 4.13. The van der Waals surface area contributed by atoms with Gasteiger partial charge in [0.05, 0.1) is 6.04 Å². The van der Waals surface area contributed by atoms with E-state index in [1.165, 1.54) is 0 Å². The van der Waals surface area contributed by atoms with Crippen molar-refractivity contribution in [2.45, 2.75) is 12.5 Å². The summed E-state index contributed by atoms with van der Waals surface area (Å²) >= 11 is 12.3. The average molecular weight is 297 g/mol. The molecular formula is C13H14Cl2N4. The van der Waals surface area contributed by atoms with Gasteiger partial charge < -0.3 is 5.73 Å². The predicted molar refractivity (Wildman–Crippen MR) is 78.9 cm³/mol. The molecular weight excluding hydrogens is 283 g/mol. The quantitative estimate of drug-likeness (QED) is 0.599. The zero-order valence-corrected chi connectivity index (χ0v) is 11.6. The number of nitrogen functional groups attached to an aromatic ring is 1. The number of halogens is 2. The van der Waals surface area contributed by atoms with Gasteiger partial charge in [0.15, 0.2) is 0 Å². The van der Waals surface area contributed by atoms with Crippen LogP contribution in [0, 0.1) is 0 Å². The monoisotopic (exact) mass is 296 g/mol. The van der Waals surface area contributed by atoms with E-state index in [0.717, 1.165) is 11.1 Å². The van der Waals surface area contributed by atoms with E-state index in [-0.39, 0.29) is 6.04 Å². The lowest BCUT2D eigenvalue weighted by Crippen LogP contribution is -2.30. The Morgan fingerprint density at radius 3 is 2.47 bits per heavy atom. The number of pyridine rings is 1. The van der Waals surface area contributed by atoms with Gasteiger partial charge in [-0.15, -0.1) is 0 Å². The molecule has 0 aliphatic rings. The van der Waals surface area contributed by atoms with Crippen LogP contribution >= 0.6 is 23.2 Å². The number of anilines is 1. The zero-order valence-electron chi connectivity index (χ0n) is 10.1. The first-order valence-electron chi connectivity index (χ1n) is 5.72. The van der Waals surface area contributed by atoms with Crippen LogP contribution in [0.2, 0.25) is 10.0 Å². The van der Waals surface area contributed by atoms with Gasteiger partial charge in [-0.2, -0.15) is 0 Å². The molecule has 100 valence electrons. The maximum atomic E-state index is 6.16. The molecule has 2 rings (SSSR count). The highest BCUT2D eigenvalue weighted by Crippen LogP contribution is 2.30. The summed E-state index contributed by atoms with van der Waals surface area (Å²) in [6, 6.07) is 6.92. The van der Waals surface area contributed by atoms with Gasteiger partial charge in [-0.3, -0.25) is 16.3 Å². The number of nitrogens with one attached hydrogen (secondary N) is 1. The molecule has 0 amide bonds. The van der Waals surface area contributed by atoms with E-state index in [2.05, 4.69) is 10.4 Å². The molecule has 4 nitrogen and oxygen atoms in total. The molecule has 0 fully saturated rings. The maximum absolute atomic E-state index is 6.16. The van der Waals surface area contributed by atoms with Gasteiger partial charge in [0, 0.05) is 33.7 Å². The van der Waals surface area contributed by atoms with E-state index in [4.69, 9.17) is 34.8 Å². The molecule has 1 heterocycles. The molecule has 2 aromatic rings. The van der Waals surface area contributed by atoms with E-state index in [9.17, 15) is 0 Å². The van der Waals surface area contributed by atoms with Gasteiger partial charge in [0.2, 0.25) is 0 Å². The predicted octanol–water partition coefficient (Wildman–Crippen LogP) is 2.72. The second kappa shape index (κ2) is 6.21. The second-order valence-corrected chi connectivity index (χ2v) is 4.94. The summed E-state index contributed by atoms with van der Waals surface area (Å²) in [5.41, 5.74) is 10.9. The fourth-order valence-corrected chi connectivity index (χ4v) is 2.45. The Labute approximate surface area is 121 Å². The lowest BCUT2D eigenvalue weighted by molar-refractivity contribution is 0.552. The number of aromatic nitrogens is 1. The zero-order chi connectivity index (χ0) is 13.8. The number of hydrogen-bond donors (Lipinski definition) is 3. The molecule has 0 spiro atoms. The van der Waals surface area contributed by atoms with Gasteiger partial charge >= 0.3 is 0 Å². The normalized spacial score (nSPS) is 12.4. The van der Waals surface area contributed by atoms with E-state index in [0.29, 0.717) is 22.2 Å². The summed E-state index contributed by atoms with van der Waals surface area (Å²) in [6.07, 6.45) is 3.85. The minimum absolute atomic E-state index is 0.203. The molecule has 0 saturated carbocycles. The van der Waals surface area contributed by atoms with Crippen molar-refractivity contribution in [3.8, 4) is 0 Å². The number of nitrogens with two attached hydrogens (primary N) is 2. The molecule has 1 aromatic carbocycles. The first kappa shape index (κ1) is 14.1. The average Bonchev–Trinajstić information content (AvgIpc) is 2.40. The molecule has 19 heavy (non-hydrogen) atoms. The minimum Gasteiger partial charge on any atom is -0.398 e. The molecule has 1 atom stereocenters. The fourth-order valence-electron chi connectivity index (χ4n) is 1.90. The van der Waals surface area contributed by atoms with Crippen molar-refractivity contribution in [1.82, 2.24) is 10.4 Å². The Balaban J connectivity index is 2.32. The van der Waals surface area contributed by atoms with Crippen LogP contribution in [-0.2, 0) is 6.42 Å². The van der Waals surface area contributed by atoms with Crippen molar-refractivity contribution in [2.75, 3.05) is 5.73 Å². The third-order valence-electron chi connectivity index (χ3n) is 2.93. The van der Waals surface area contributed by atoms with Crippen LogP contribution in [0.4, 0.5) is 5.69 Å². The molecule has 5 N–H and O–H groups in total. The van der Waals surface area contributed by atoms with Gasteiger partial charge in [-0.05, 0) is 30.2 Å². The Hall–Kier alpha value is -1.33. The number of hydrogen-bond acceptors (Lipinski definition) is 4. The largest absolute Gasteiger partial charge is 0.398 e. The number of rotatable bonds is 4. The smallest absolute Gasteiger partial charge is 0.0537 e. The Morgan fingerprint density at radius 1 is 1.21 bits per heavy atom. The SMILES string of the molecule is NNC(Cc1c(Cl)cccc1Cl)c1cnccc1N. The first-order chi connectivity index (χ1) is 9.13. The van der Waals surface area contributed by atoms with Crippen molar-refractivity contribution in [1.29, 1.82) is 0 Å². The van der Waals surface area contributed by atoms with Crippen LogP contribution < -0.4 is 17.0 Å². The van der Waals surface area contributed by atoms with Crippen molar-refractivity contribution >= 4 is 28.9 Å². The Morgan fingerprint density at radius 2 is 1.89 bits per heavy atom. The van der Waals surface area contributed by atoms with Crippen molar-refractivity contribution in [3.63, 3.8) is 0 Å². The van der Waals surface area contributed by atoms with Crippen LogP contribution in [0.1, 0.15) is 17.2 Å². The summed E-state index contributed by atoms with van der Waals surface area (Å²) in [6.45, 7) is 0. The maximum Gasteiger partial charge on any atom is 0.0537 e. The third-order valence-corrected chi connectivity index (χ3v) is 3.64. The van der Waals surface area contributed by atoms with Crippen LogP contribution in [0.25, 0.3) is 0 Å². The highest BCUT2D eigenvalue weighted by Gasteiger charge is 2.17. The standard InChI is InChI=1S/C13H14Cl2N4/c14-10-2-1-3-11(15)8(10)6-13(19-17)9-7-18-5-4-12(9)16/h1-5,7,13,19H,6,17H2,(H2,16,18). The first-order valence-corrected chi connectivity index (χ1v) is 6.47. The Kier molecular flexibility index (Phi) is 4.61. The molecule has 0 radical (unpaired) electrons. The van der Waals surface area contributed by atoms with Crippen molar-refractivity contribution in [2.24, 2.45) is 5.84 Å². The highest BCUT2D eigenvalue weighted by atomic mass is 35.5. The van der Waals surface area contributed by atoms with Gasteiger partial charge in [0.25, 0.3) is 0 Å². The van der Waals surface area contributed by atoms with E-state index in [1.54, 1.807) is 36.7 Å². The molecule has 0 saturated heterocycles. The molecule has 0 aliphatic heterocycles. The summed E-state index contributed by atoms with van der Waals surface area (Å²) in [5.74, 6) is 5.60.